The quantitative estimate of drug-likeness (QED) is 0.836. The van der Waals surface area contributed by atoms with Crippen LogP contribution in [0, 0.1) is 0 Å². The first-order valence-corrected chi connectivity index (χ1v) is 7.19. The van der Waals surface area contributed by atoms with E-state index >= 15 is 0 Å². The molecular formula is C14H17BrN4O2. The van der Waals surface area contributed by atoms with Crippen molar-refractivity contribution in [3.8, 4) is 5.75 Å². The number of hydrogen-bond acceptors (Lipinski definition) is 4. The van der Waals surface area contributed by atoms with Crippen LogP contribution in [0.3, 0.4) is 0 Å². The molecule has 2 aromatic rings. The van der Waals surface area contributed by atoms with Crippen molar-refractivity contribution in [2.75, 3.05) is 26.0 Å². The normalized spacial score (nSPS) is 10.7. The summed E-state index contributed by atoms with van der Waals surface area (Å²) in [5.41, 5.74) is 0.934. The van der Waals surface area contributed by atoms with Gasteiger partial charge in [-0.25, -0.2) is 0 Å². The number of rotatable bonds is 6. The van der Waals surface area contributed by atoms with Crippen molar-refractivity contribution in [1.82, 2.24) is 15.1 Å². The van der Waals surface area contributed by atoms with Gasteiger partial charge in [0, 0.05) is 17.1 Å². The fourth-order valence-electron chi connectivity index (χ4n) is 1.71. The Labute approximate surface area is 131 Å². The molecule has 0 radical (unpaired) electrons. The van der Waals surface area contributed by atoms with Gasteiger partial charge >= 0.3 is 0 Å². The van der Waals surface area contributed by atoms with Gasteiger partial charge in [-0.15, -0.1) is 0 Å². The summed E-state index contributed by atoms with van der Waals surface area (Å²) in [6.07, 6.45) is 0. The molecule has 0 spiro atoms. The summed E-state index contributed by atoms with van der Waals surface area (Å²) in [6.45, 7) is 0.676. The van der Waals surface area contributed by atoms with E-state index in [0.29, 0.717) is 11.6 Å². The lowest BCUT2D eigenvalue weighted by Gasteiger charge is -2.06. The van der Waals surface area contributed by atoms with E-state index in [2.05, 4.69) is 31.4 Å². The zero-order valence-corrected chi connectivity index (χ0v) is 13.5. The van der Waals surface area contributed by atoms with Crippen LogP contribution in [0.4, 0.5) is 5.82 Å². The third kappa shape index (κ3) is 5.20. The van der Waals surface area contributed by atoms with Crippen LogP contribution in [0.25, 0.3) is 0 Å². The van der Waals surface area contributed by atoms with E-state index in [1.54, 1.807) is 18.2 Å². The Balaban J connectivity index is 1.81. The Hall–Kier alpha value is -1.86. The molecule has 0 aliphatic rings. The third-order valence-corrected chi connectivity index (χ3v) is 3.10. The highest BCUT2D eigenvalue weighted by Crippen LogP contribution is 2.16. The van der Waals surface area contributed by atoms with Gasteiger partial charge in [-0.05, 0) is 38.4 Å². The SMILES string of the molecule is CN(C)Cc1cc(NC(=O)COc2ccc(Br)cc2)n[nH]1. The van der Waals surface area contributed by atoms with Crippen LogP contribution in [0.5, 0.6) is 5.75 Å². The van der Waals surface area contributed by atoms with E-state index < -0.39 is 0 Å². The molecule has 0 bridgehead atoms. The second kappa shape index (κ2) is 7.24. The summed E-state index contributed by atoms with van der Waals surface area (Å²) in [5, 5.41) is 9.58. The number of ether oxygens (including phenoxy) is 1. The second-order valence-corrected chi connectivity index (χ2v) is 5.72. The minimum atomic E-state index is -0.249. The van der Waals surface area contributed by atoms with Crippen LogP contribution in [-0.2, 0) is 11.3 Å². The fraction of sp³-hybridized carbons (Fsp3) is 0.286. The molecule has 0 saturated carbocycles. The molecule has 6 nitrogen and oxygen atoms in total. The molecule has 1 heterocycles. The molecule has 0 unspecified atom stereocenters. The molecule has 21 heavy (non-hydrogen) atoms. The first-order chi connectivity index (χ1) is 10.0. The Bertz CT molecular complexity index is 595. The molecule has 112 valence electrons. The van der Waals surface area contributed by atoms with Gasteiger partial charge in [-0.2, -0.15) is 5.10 Å². The maximum Gasteiger partial charge on any atom is 0.263 e. The number of H-pyrrole nitrogens is 1. The lowest BCUT2D eigenvalue weighted by atomic mass is 10.3. The fourth-order valence-corrected chi connectivity index (χ4v) is 1.97. The number of nitrogens with zero attached hydrogens (tertiary/aromatic N) is 2. The monoisotopic (exact) mass is 352 g/mol. The van der Waals surface area contributed by atoms with Crippen molar-refractivity contribution in [3.63, 3.8) is 0 Å². The molecule has 0 aliphatic heterocycles. The number of nitrogens with one attached hydrogen (secondary N) is 2. The van der Waals surface area contributed by atoms with Gasteiger partial charge in [0.15, 0.2) is 12.4 Å². The van der Waals surface area contributed by atoms with E-state index in [9.17, 15) is 4.79 Å². The zero-order chi connectivity index (χ0) is 15.2. The molecule has 2 rings (SSSR count). The number of aromatic amines is 1. The van der Waals surface area contributed by atoms with Crippen LogP contribution >= 0.6 is 15.9 Å². The summed E-state index contributed by atoms with van der Waals surface area (Å²) in [6, 6.07) is 9.10. The highest BCUT2D eigenvalue weighted by molar-refractivity contribution is 9.10. The average Bonchev–Trinajstić information content (AvgIpc) is 2.84. The molecule has 0 atom stereocenters. The predicted molar refractivity (Wildman–Crippen MR) is 84.2 cm³/mol. The summed E-state index contributed by atoms with van der Waals surface area (Å²) in [7, 11) is 3.93. The van der Waals surface area contributed by atoms with Crippen LogP contribution in [-0.4, -0.2) is 41.7 Å². The average molecular weight is 353 g/mol. The number of carbonyl (C=O) groups is 1. The topological polar surface area (TPSA) is 70.2 Å². The molecule has 0 fully saturated rings. The van der Waals surface area contributed by atoms with Crippen molar-refractivity contribution in [2.45, 2.75) is 6.54 Å². The van der Waals surface area contributed by atoms with Gasteiger partial charge in [0.25, 0.3) is 5.91 Å². The summed E-state index contributed by atoms with van der Waals surface area (Å²) >= 11 is 3.34. The number of amides is 1. The molecular weight excluding hydrogens is 336 g/mol. The van der Waals surface area contributed by atoms with Crippen LogP contribution < -0.4 is 10.1 Å². The zero-order valence-electron chi connectivity index (χ0n) is 11.9. The highest BCUT2D eigenvalue weighted by Gasteiger charge is 2.07. The number of benzene rings is 1. The maximum absolute atomic E-state index is 11.8. The lowest BCUT2D eigenvalue weighted by Crippen LogP contribution is -2.20. The summed E-state index contributed by atoms with van der Waals surface area (Å²) < 4.78 is 6.35. The van der Waals surface area contributed by atoms with Crippen LogP contribution in [0.1, 0.15) is 5.69 Å². The van der Waals surface area contributed by atoms with E-state index in [1.165, 1.54) is 0 Å². The van der Waals surface area contributed by atoms with Crippen LogP contribution in [0.15, 0.2) is 34.8 Å². The Morgan fingerprint density at radius 2 is 2.10 bits per heavy atom. The number of aromatic nitrogens is 2. The Morgan fingerprint density at radius 1 is 1.38 bits per heavy atom. The second-order valence-electron chi connectivity index (χ2n) is 4.81. The first kappa shape index (κ1) is 15.5. The van der Waals surface area contributed by atoms with Gasteiger partial charge in [-0.1, -0.05) is 15.9 Å². The number of hydrogen-bond donors (Lipinski definition) is 2. The van der Waals surface area contributed by atoms with E-state index in [1.807, 2.05) is 31.1 Å². The van der Waals surface area contributed by atoms with Crippen molar-refractivity contribution >= 4 is 27.7 Å². The summed E-state index contributed by atoms with van der Waals surface area (Å²) in [4.78, 5) is 13.8. The number of halogens is 1. The molecule has 0 aliphatic carbocycles. The minimum absolute atomic E-state index is 0.0580. The van der Waals surface area contributed by atoms with E-state index in [4.69, 9.17) is 4.74 Å². The minimum Gasteiger partial charge on any atom is -0.484 e. The first-order valence-electron chi connectivity index (χ1n) is 6.40. The van der Waals surface area contributed by atoms with Crippen molar-refractivity contribution in [2.24, 2.45) is 0 Å². The van der Waals surface area contributed by atoms with Crippen molar-refractivity contribution in [1.29, 1.82) is 0 Å². The predicted octanol–water partition coefficient (Wildman–Crippen LogP) is 2.25. The lowest BCUT2D eigenvalue weighted by molar-refractivity contribution is -0.118. The van der Waals surface area contributed by atoms with E-state index in [-0.39, 0.29) is 12.5 Å². The van der Waals surface area contributed by atoms with Gasteiger partial charge in [-0.3, -0.25) is 9.89 Å². The molecule has 1 amide bonds. The Kier molecular flexibility index (Phi) is 5.35. The number of carbonyl (C=O) groups excluding carboxylic acids is 1. The molecule has 7 heteroatoms. The summed E-state index contributed by atoms with van der Waals surface area (Å²) in [5.74, 6) is 0.890. The van der Waals surface area contributed by atoms with E-state index in [0.717, 1.165) is 16.7 Å². The van der Waals surface area contributed by atoms with Gasteiger partial charge in [0.05, 0.1) is 5.69 Å². The van der Waals surface area contributed by atoms with Gasteiger partial charge in [0.2, 0.25) is 0 Å². The van der Waals surface area contributed by atoms with Crippen molar-refractivity contribution < 1.29 is 9.53 Å². The number of anilines is 1. The Morgan fingerprint density at radius 3 is 2.76 bits per heavy atom. The highest BCUT2D eigenvalue weighted by atomic mass is 79.9. The largest absolute Gasteiger partial charge is 0.484 e. The molecule has 1 aromatic heterocycles. The van der Waals surface area contributed by atoms with Crippen LogP contribution in [0.2, 0.25) is 0 Å². The smallest absolute Gasteiger partial charge is 0.263 e. The maximum atomic E-state index is 11.8. The molecule has 2 N–H and O–H groups in total. The molecule has 1 aromatic carbocycles. The molecule has 0 saturated heterocycles. The van der Waals surface area contributed by atoms with Crippen molar-refractivity contribution in [3.05, 3.63) is 40.5 Å². The standard InChI is InChI=1S/C14H17BrN4O2/c1-19(2)8-11-7-13(18-17-11)16-14(20)9-21-12-5-3-10(15)4-6-12/h3-7H,8-9H2,1-2H3,(H2,16,17,18,20). The van der Waals surface area contributed by atoms with Gasteiger partial charge in [0.1, 0.15) is 5.75 Å². The van der Waals surface area contributed by atoms with Gasteiger partial charge < -0.3 is 15.0 Å². The third-order valence-electron chi connectivity index (χ3n) is 2.57.